The van der Waals surface area contributed by atoms with E-state index in [2.05, 4.69) is 15.6 Å². The van der Waals surface area contributed by atoms with Gasteiger partial charge in [-0.25, -0.2) is 4.39 Å². The number of carbonyl (C=O) groups is 1. The fourth-order valence-electron chi connectivity index (χ4n) is 2.53. The van der Waals surface area contributed by atoms with Crippen LogP contribution in [0.15, 0.2) is 40.9 Å². The first-order chi connectivity index (χ1) is 13.2. The van der Waals surface area contributed by atoms with Crippen LogP contribution in [0.3, 0.4) is 0 Å². The third kappa shape index (κ3) is 4.56. The second kappa shape index (κ2) is 7.83. The summed E-state index contributed by atoms with van der Waals surface area (Å²) in [7, 11) is 0. The Kier molecular flexibility index (Phi) is 5.48. The molecule has 0 atom stereocenters. The van der Waals surface area contributed by atoms with Crippen molar-refractivity contribution in [1.29, 1.82) is 0 Å². The van der Waals surface area contributed by atoms with E-state index in [1.807, 2.05) is 0 Å². The molecule has 0 aliphatic rings. The molecule has 148 valence electrons. The van der Waals surface area contributed by atoms with Gasteiger partial charge in [-0.1, -0.05) is 5.16 Å². The van der Waals surface area contributed by atoms with Crippen LogP contribution in [0.5, 0.6) is 0 Å². The van der Waals surface area contributed by atoms with E-state index in [0.717, 1.165) is 6.07 Å². The minimum absolute atomic E-state index is 0.0500. The Morgan fingerprint density at radius 3 is 2.57 bits per heavy atom. The van der Waals surface area contributed by atoms with Crippen molar-refractivity contribution in [3.8, 4) is 11.3 Å². The average molecular weight is 396 g/mol. The van der Waals surface area contributed by atoms with Crippen molar-refractivity contribution in [2.75, 3.05) is 6.54 Å². The predicted octanol–water partition coefficient (Wildman–Crippen LogP) is 3.82. The van der Waals surface area contributed by atoms with Crippen LogP contribution < -0.4 is 5.32 Å². The van der Waals surface area contributed by atoms with Gasteiger partial charge in [-0.2, -0.15) is 18.3 Å². The average Bonchev–Trinajstić information content (AvgIpc) is 3.26. The molecule has 0 aliphatic heterocycles. The molecule has 2 heterocycles. The maximum absolute atomic E-state index is 12.9. The molecule has 0 unspecified atom stereocenters. The van der Waals surface area contributed by atoms with Gasteiger partial charge in [0.25, 0.3) is 5.91 Å². The molecule has 28 heavy (non-hydrogen) atoms. The molecule has 6 nitrogen and oxygen atoms in total. The summed E-state index contributed by atoms with van der Waals surface area (Å²) in [6.07, 6.45) is -4.10. The van der Waals surface area contributed by atoms with Gasteiger partial charge in [-0.3, -0.25) is 9.48 Å². The lowest BCUT2D eigenvalue weighted by Crippen LogP contribution is -2.25. The monoisotopic (exact) mass is 396 g/mol. The SMILES string of the molecule is Cc1cc(C(F)(F)F)nn1CCCNC(=O)c1cc(-c2ccc(F)cc2)on1. The lowest BCUT2D eigenvalue weighted by atomic mass is 10.1. The van der Waals surface area contributed by atoms with Gasteiger partial charge in [0.2, 0.25) is 0 Å². The summed E-state index contributed by atoms with van der Waals surface area (Å²) in [5.41, 5.74) is 0.0700. The molecular weight excluding hydrogens is 380 g/mol. The third-order valence-corrected chi connectivity index (χ3v) is 3.98. The van der Waals surface area contributed by atoms with Crippen LogP contribution in [-0.4, -0.2) is 27.4 Å². The van der Waals surface area contributed by atoms with E-state index in [0.29, 0.717) is 23.4 Å². The molecule has 0 fully saturated rings. The second-order valence-corrected chi connectivity index (χ2v) is 6.08. The highest BCUT2D eigenvalue weighted by atomic mass is 19.4. The Bertz CT molecular complexity index is 961. The highest BCUT2D eigenvalue weighted by molar-refractivity contribution is 5.93. The number of hydrogen-bond acceptors (Lipinski definition) is 4. The first kappa shape index (κ1) is 19.6. The first-order valence-electron chi connectivity index (χ1n) is 8.36. The quantitative estimate of drug-likeness (QED) is 0.508. The molecule has 3 rings (SSSR count). The number of aryl methyl sites for hydroxylation is 2. The van der Waals surface area contributed by atoms with E-state index in [9.17, 15) is 22.4 Å². The zero-order valence-corrected chi connectivity index (χ0v) is 14.8. The maximum Gasteiger partial charge on any atom is 0.435 e. The van der Waals surface area contributed by atoms with E-state index in [-0.39, 0.29) is 18.8 Å². The predicted molar refractivity (Wildman–Crippen MR) is 90.8 cm³/mol. The summed E-state index contributed by atoms with van der Waals surface area (Å²) in [5, 5.41) is 9.81. The molecule has 0 saturated heterocycles. The van der Waals surface area contributed by atoms with E-state index in [1.54, 1.807) is 0 Å². The number of benzene rings is 1. The topological polar surface area (TPSA) is 73.0 Å². The van der Waals surface area contributed by atoms with Crippen LogP contribution >= 0.6 is 0 Å². The van der Waals surface area contributed by atoms with Gasteiger partial charge in [-0.05, 0) is 43.7 Å². The Hall–Kier alpha value is -3.17. The van der Waals surface area contributed by atoms with Crippen molar-refractivity contribution in [3.05, 3.63) is 59.3 Å². The molecule has 0 saturated carbocycles. The Morgan fingerprint density at radius 1 is 1.21 bits per heavy atom. The third-order valence-electron chi connectivity index (χ3n) is 3.98. The number of nitrogens with zero attached hydrogens (tertiary/aromatic N) is 3. The zero-order chi connectivity index (χ0) is 20.3. The normalized spacial score (nSPS) is 11.6. The molecular formula is C18H16F4N4O2. The smallest absolute Gasteiger partial charge is 0.355 e. The van der Waals surface area contributed by atoms with Crippen molar-refractivity contribution in [2.24, 2.45) is 0 Å². The van der Waals surface area contributed by atoms with E-state index in [1.165, 1.54) is 41.9 Å². The second-order valence-electron chi connectivity index (χ2n) is 6.08. The number of carbonyl (C=O) groups excluding carboxylic acids is 1. The number of halogens is 4. The number of aromatic nitrogens is 3. The maximum atomic E-state index is 12.9. The molecule has 0 bridgehead atoms. The number of nitrogens with one attached hydrogen (secondary N) is 1. The fraction of sp³-hybridized carbons (Fsp3) is 0.278. The molecule has 1 N–H and O–H groups in total. The van der Waals surface area contributed by atoms with Crippen LogP contribution in [0.1, 0.15) is 28.3 Å². The van der Waals surface area contributed by atoms with Crippen molar-refractivity contribution in [2.45, 2.75) is 26.1 Å². The fourth-order valence-corrected chi connectivity index (χ4v) is 2.53. The molecule has 1 aromatic carbocycles. The van der Waals surface area contributed by atoms with Crippen LogP contribution in [0, 0.1) is 12.7 Å². The van der Waals surface area contributed by atoms with Crippen molar-refractivity contribution < 1.29 is 26.9 Å². The summed E-state index contributed by atoms with van der Waals surface area (Å²) in [5.74, 6) is -0.557. The molecule has 1 amide bonds. The summed E-state index contributed by atoms with van der Waals surface area (Å²) in [6, 6.07) is 7.93. The number of amides is 1. The summed E-state index contributed by atoms with van der Waals surface area (Å²) in [6.45, 7) is 1.98. The molecule has 2 aromatic heterocycles. The zero-order valence-electron chi connectivity index (χ0n) is 14.8. The molecule has 3 aromatic rings. The Labute approximate surface area is 157 Å². The van der Waals surface area contributed by atoms with E-state index in [4.69, 9.17) is 4.52 Å². The Balaban J connectivity index is 1.51. The van der Waals surface area contributed by atoms with Gasteiger partial charge in [0, 0.05) is 30.4 Å². The lowest BCUT2D eigenvalue weighted by Gasteiger charge is -2.05. The number of hydrogen-bond donors (Lipinski definition) is 1. The molecule has 0 spiro atoms. The first-order valence-corrected chi connectivity index (χ1v) is 8.36. The molecule has 0 radical (unpaired) electrons. The van der Waals surface area contributed by atoms with Gasteiger partial charge in [-0.15, -0.1) is 0 Å². The Morgan fingerprint density at radius 2 is 1.93 bits per heavy atom. The van der Waals surface area contributed by atoms with E-state index < -0.39 is 23.6 Å². The van der Waals surface area contributed by atoms with Crippen LogP contribution in [0.25, 0.3) is 11.3 Å². The number of alkyl halides is 3. The van der Waals surface area contributed by atoms with E-state index >= 15 is 0 Å². The summed E-state index contributed by atoms with van der Waals surface area (Å²) >= 11 is 0. The van der Waals surface area contributed by atoms with Crippen molar-refractivity contribution >= 4 is 5.91 Å². The largest absolute Gasteiger partial charge is 0.435 e. The highest BCUT2D eigenvalue weighted by Gasteiger charge is 2.34. The van der Waals surface area contributed by atoms with Gasteiger partial charge < -0.3 is 9.84 Å². The minimum Gasteiger partial charge on any atom is -0.355 e. The number of rotatable bonds is 6. The summed E-state index contributed by atoms with van der Waals surface area (Å²) < 4.78 is 57.2. The van der Waals surface area contributed by atoms with Crippen LogP contribution in [-0.2, 0) is 12.7 Å². The van der Waals surface area contributed by atoms with Crippen molar-refractivity contribution in [3.63, 3.8) is 0 Å². The van der Waals surface area contributed by atoms with Gasteiger partial charge in [0.15, 0.2) is 17.1 Å². The molecule has 0 aliphatic carbocycles. The highest BCUT2D eigenvalue weighted by Crippen LogP contribution is 2.28. The van der Waals surface area contributed by atoms with Crippen LogP contribution in [0.4, 0.5) is 17.6 Å². The van der Waals surface area contributed by atoms with Crippen molar-refractivity contribution in [1.82, 2.24) is 20.3 Å². The molecule has 10 heteroatoms. The summed E-state index contributed by atoms with van der Waals surface area (Å²) in [4.78, 5) is 12.1. The van der Waals surface area contributed by atoms with Gasteiger partial charge in [0.05, 0.1) is 0 Å². The standard InChI is InChI=1S/C18H16F4N4O2/c1-11-9-16(18(20,21)22)24-26(11)8-2-7-23-17(27)14-10-15(28-25-14)12-3-5-13(19)6-4-12/h3-6,9-10H,2,7-8H2,1H3,(H,23,27). The lowest BCUT2D eigenvalue weighted by molar-refractivity contribution is -0.141. The van der Waals surface area contributed by atoms with Gasteiger partial charge in [0.1, 0.15) is 5.82 Å². The van der Waals surface area contributed by atoms with Gasteiger partial charge >= 0.3 is 6.18 Å². The minimum atomic E-state index is -4.49. The van der Waals surface area contributed by atoms with Crippen LogP contribution in [0.2, 0.25) is 0 Å².